The monoisotopic (exact) mass is 286 g/mol. The fourth-order valence-corrected chi connectivity index (χ4v) is 2.06. The first-order valence-corrected chi connectivity index (χ1v) is 7.13. The average molecular weight is 286 g/mol. The van der Waals surface area contributed by atoms with Gasteiger partial charge in [0.1, 0.15) is 23.7 Å². The second-order valence-electron chi connectivity index (χ2n) is 5.08. The number of anilines is 2. The van der Waals surface area contributed by atoms with Crippen LogP contribution in [-0.2, 0) is 6.42 Å². The molecule has 0 atom stereocenters. The lowest BCUT2D eigenvalue weighted by atomic mass is 10.1. The van der Waals surface area contributed by atoms with Crippen LogP contribution < -0.4 is 15.4 Å². The number of hydrogen-bond acceptors (Lipinski definition) is 5. The molecule has 0 fully saturated rings. The number of methoxy groups -OCH3 is 1. The van der Waals surface area contributed by atoms with E-state index in [9.17, 15) is 0 Å². The van der Waals surface area contributed by atoms with Crippen molar-refractivity contribution in [2.45, 2.75) is 26.3 Å². The topological polar surface area (TPSA) is 59.1 Å². The zero-order chi connectivity index (χ0) is 15.1. The number of benzene rings is 1. The van der Waals surface area contributed by atoms with Crippen molar-refractivity contribution in [1.82, 2.24) is 9.97 Å². The summed E-state index contributed by atoms with van der Waals surface area (Å²) in [4.78, 5) is 8.42. The third-order valence-corrected chi connectivity index (χ3v) is 3.00. The van der Waals surface area contributed by atoms with E-state index in [0.29, 0.717) is 6.04 Å². The summed E-state index contributed by atoms with van der Waals surface area (Å²) in [5.74, 6) is 2.58. The fraction of sp³-hybridized carbons (Fsp3) is 0.375. The highest BCUT2D eigenvalue weighted by atomic mass is 16.5. The first kappa shape index (κ1) is 15.1. The number of hydrogen-bond donors (Lipinski definition) is 2. The molecule has 112 valence electrons. The van der Waals surface area contributed by atoms with Crippen LogP contribution in [0.3, 0.4) is 0 Å². The van der Waals surface area contributed by atoms with Crippen LogP contribution in [0.5, 0.6) is 5.75 Å². The molecule has 21 heavy (non-hydrogen) atoms. The Labute approximate surface area is 125 Å². The molecule has 1 aromatic heterocycles. The zero-order valence-corrected chi connectivity index (χ0v) is 12.8. The van der Waals surface area contributed by atoms with Crippen molar-refractivity contribution in [2.75, 3.05) is 24.3 Å². The van der Waals surface area contributed by atoms with Gasteiger partial charge in [-0.05, 0) is 31.9 Å². The van der Waals surface area contributed by atoms with Crippen molar-refractivity contribution in [3.63, 3.8) is 0 Å². The summed E-state index contributed by atoms with van der Waals surface area (Å²) in [7, 11) is 1.69. The third-order valence-electron chi connectivity index (χ3n) is 3.00. The highest BCUT2D eigenvalue weighted by Crippen LogP contribution is 2.18. The smallest absolute Gasteiger partial charge is 0.131 e. The minimum absolute atomic E-state index is 0.348. The summed E-state index contributed by atoms with van der Waals surface area (Å²) < 4.78 is 5.35. The number of rotatable bonds is 7. The highest BCUT2D eigenvalue weighted by molar-refractivity contribution is 5.47. The van der Waals surface area contributed by atoms with Gasteiger partial charge in [0.05, 0.1) is 7.11 Å². The van der Waals surface area contributed by atoms with E-state index in [-0.39, 0.29) is 0 Å². The van der Waals surface area contributed by atoms with Crippen LogP contribution in [0.2, 0.25) is 0 Å². The molecule has 0 aliphatic carbocycles. The van der Waals surface area contributed by atoms with Gasteiger partial charge in [0, 0.05) is 18.7 Å². The molecule has 0 aliphatic heterocycles. The lowest BCUT2D eigenvalue weighted by molar-refractivity contribution is 0.410. The van der Waals surface area contributed by atoms with E-state index >= 15 is 0 Å². The van der Waals surface area contributed by atoms with Crippen molar-refractivity contribution in [3.05, 3.63) is 42.2 Å². The lowest BCUT2D eigenvalue weighted by Crippen LogP contribution is -2.12. The Kier molecular flexibility index (Phi) is 5.37. The minimum Gasteiger partial charge on any atom is -0.496 e. The molecule has 0 radical (unpaired) electrons. The molecule has 5 nitrogen and oxygen atoms in total. The van der Waals surface area contributed by atoms with Gasteiger partial charge in [0.15, 0.2) is 0 Å². The Morgan fingerprint density at radius 2 is 1.90 bits per heavy atom. The molecule has 2 aromatic rings. The van der Waals surface area contributed by atoms with Crippen LogP contribution in [0.15, 0.2) is 36.7 Å². The van der Waals surface area contributed by atoms with Crippen LogP contribution in [0.1, 0.15) is 19.4 Å². The van der Waals surface area contributed by atoms with E-state index in [2.05, 4.69) is 40.5 Å². The Balaban J connectivity index is 1.91. The van der Waals surface area contributed by atoms with Gasteiger partial charge in [-0.2, -0.15) is 0 Å². The van der Waals surface area contributed by atoms with Gasteiger partial charge in [-0.1, -0.05) is 18.2 Å². The maximum absolute atomic E-state index is 5.35. The van der Waals surface area contributed by atoms with Crippen LogP contribution >= 0.6 is 0 Å². The number of ether oxygens (including phenoxy) is 1. The molecule has 2 N–H and O–H groups in total. The molecule has 0 saturated carbocycles. The van der Waals surface area contributed by atoms with E-state index < -0.39 is 0 Å². The van der Waals surface area contributed by atoms with Crippen molar-refractivity contribution < 1.29 is 4.74 Å². The van der Waals surface area contributed by atoms with Crippen molar-refractivity contribution >= 4 is 11.6 Å². The van der Waals surface area contributed by atoms with Gasteiger partial charge >= 0.3 is 0 Å². The van der Waals surface area contributed by atoms with Gasteiger partial charge < -0.3 is 15.4 Å². The zero-order valence-electron chi connectivity index (χ0n) is 12.8. The largest absolute Gasteiger partial charge is 0.496 e. The summed E-state index contributed by atoms with van der Waals surface area (Å²) in [6.07, 6.45) is 2.44. The fourth-order valence-electron chi connectivity index (χ4n) is 2.06. The van der Waals surface area contributed by atoms with Gasteiger partial charge in [-0.25, -0.2) is 9.97 Å². The van der Waals surface area contributed by atoms with Crippen LogP contribution in [-0.4, -0.2) is 29.7 Å². The van der Waals surface area contributed by atoms with Crippen molar-refractivity contribution in [2.24, 2.45) is 0 Å². The molecule has 0 amide bonds. The predicted octanol–water partition coefficient (Wildman–Crippen LogP) is 2.96. The number of para-hydroxylation sites is 1. The van der Waals surface area contributed by atoms with Gasteiger partial charge in [-0.15, -0.1) is 0 Å². The highest BCUT2D eigenvalue weighted by Gasteiger charge is 2.03. The van der Waals surface area contributed by atoms with E-state index in [1.807, 2.05) is 24.3 Å². The summed E-state index contributed by atoms with van der Waals surface area (Å²) in [6.45, 7) is 4.95. The Morgan fingerprint density at radius 3 is 2.67 bits per heavy atom. The summed E-state index contributed by atoms with van der Waals surface area (Å²) in [5.41, 5.74) is 1.18. The maximum atomic E-state index is 5.35. The molecule has 0 aliphatic rings. The van der Waals surface area contributed by atoms with E-state index in [1.54, 1.807) is 13.4 Å². The molecular weight excluding hydrogens is 264 g/mol. The Bertz CT molecular complexity index is 572. The minimum atomic E-state index is 0.348. The first-order chi connectivity index (χ1) is 10.2. The van der Waals surface area contributed by atoms with Gasteiger partial charge in [0.25, 0.3) is 0 Å². The average Bonchev–Trinajstić information content (AvgIpc) is 2.47. The predicted molar refractivity (Wildman–Crippen MR) is 86.0 cm³/mol. The third kappa shape index (κ3) is 4.63. The lowest BCUT2D eigenvalue weighted by Gasteiger charge is -2.11. The molecule has 0 unspecified atom stereocenters. The Hall–Kier alpha value is -2.30. The summed E-state index contributed by atoms with van der Waals surface area (Å²) in [5, 5.41) is 6.57. The summed E-state index contributed by atoms with van der Waals surface area (Å²) in [6, 6.07) is 10.3. The summed E-state index contributed by atoms with van der Waals surface area (Å²) >= 11 is 0. The molecular formula is C16H22N4O. The molecule has 2 rings (SSSR count). The standard InChI is InChI=1S/C16H22N4O/c1-12(2)20-16-10-15(18-11-19-16)17-9-8-13-6-4-5-7-14(13)21-3/h4-7,10-12H,8-9H2,1-3H3,(H2,17,18,19,20). The number of nitrogens with one attached hydrogen (secondary N) is 2. The van der Waals surface area contributed by atoms with E-state index in [0.717, 1.165) is 30.4 Å². The van der Waals surface area contributed by atoms with Crippen LogP contribution in [0.4, 0.5) is 11.6 Å². The van der Waals surface area contributed by atoms with Crippen LogP contribution in [0, 0.1) is 0 Å². The van der Waals surface area contributed by atoms with Gasteiger partial charge in [-0.3, -0.25) is 0 Å². The maximum Gasteiger partial charge on any atom is 0.131 e. The molecule has 1 aromatic carbocycles. The Morgan fingerprint density at radius 1 is 1.14 bits per heavy atom. The second-order valence-corrected chi connectivity index (χ2v) is 5.08. The molecule has 5 heteroatoms. The number of aromatic nitrogens is 2. The molecule has 1 heterocycles. The normalized spacial score (nSPS) is 10.5. The van der Waals surface area contributed by atoms with Gasteiger partial charge in [0.2, 0.25) is 0 Å². The van der Waals surface area contributed by atoms with Crippen LogP contribution in [0.25, 0.3) is 0 Å². The van der Waals surface area contributed by atoms with E-state index in [4.69, 9.17) is 4.74 Å². The second kappa shape index (κ2) is 7.47. The molecule has 0 saturated heterocycles. The number of nitrogens with zero attached hydrogens (tertiary/aromatic N) is 2. The van der Waals surface area contributed by atoms with Crippen molar-refractivity contribution in [3.8, 4) is 5.75 Å². The van der Waals surface area contributed by atoms with Crippen molar-refractivity contribution in [1.29, 1.82) is 0 Å². The SMILES string of the molecule is COc1ccccc1CCNc1cc(NC(C)C)ncn1. The van der Waals surface area contributed by atoms with E-state index in [1.165, 1.54) is 5.56 Å². The molecule has 0 bridgehead atoms. The molecule has 0 spiro atoms. The first-order valence-electron chi connectivity index (χ1n) is 7.13. The quantitative estimate of drug-likeness (QED) is 0.819.